The van der Waals surface area contributed by atoms with E-state index >= 15 is 0 Å². The maximum Gasteiger partial charge on any atom is 2.00 e. The first kappa shape index (κ1) is 8.98. The quantitative estimate of drug-likeness (QED) is 0.347. The Kier molecular flexibility index (Phi) is 19.9. The van der Waals surface area contributed by atoms with E-state index < -0.39 is 0 Å². The molecule has 0 aromatic heterocycles. The van der Waals surface area contributed by atoms with Crippen molar-refractivity contribution in [3.05, 3.63) is 0 Å². The van der Waals surface area contributed by atoms with Crippen molar-refractivity contribution in [2.75, 3.05) is 0 Å². The summed E-state index contributed by atoms with van der Waals surface area (Å²) in [5.74, 6) is 0. The Morgan fingerprint density at radius 2 is 1.50 bits per heavy atom. The minimum atomic E-state index is 0. The van der Waals surface area contributed by atoms with Crippen LogP contribution in [0.15, 0.2) is 0 Å². The maximum absolute atomic E-state index is 7.00. The Bertz CT molecular complexity index is 11.5. The van der Waals surface area contributed by atoms with Crippen molar-refractivity contribution in [3.63, 3.8) is 0 Å². The van der Waals surface area contributed by atoms with Crippen LogP contribution in [0, 0.1) is 0 Å². The van der Waals surface area contributed by atoms with Gasteiger partial charge in [-0.15, -0.1) is 0 Å². The zero-order chi connectivity index (χ0) is 2.71. The minimum absolute atomic E-state index is 0. The molecular weight excluding hydrogens is 82.9 g/mol. The Hall–Kier alpha value is 1.24. The van der Waals surface area contributed by atoms with Crippen LogP contribution in [-0.4, -0.2) is 55.5 Å². The summed E-state index contributed by atoms with van der Waals surface area (Å²) >= 11 is 0. The molecule has 0 aromatic rings. The second-order valence-electron chi connectivity index (χ2n) is 0.115. The van der Waals surface area contributed by atoms with Crippen LogP contribution in [-0.2, 0) is 0 Å². The molecule has 0 bridgehead atoms. The van der Waals surface area contributed by atoms with Gasteiger partial charge in [-0.3, -0.25) is 0 Å². The summed E-state index contributed by atoms with van der Waals surface area (Å²) in [5, 5.41) is 14.0. The number of hydrogen-bond acceptors (Lipinski definition) is 2. The Morgan fingerprint density at radius 1 is 1.50 bits per heavy atom. The van der Waals surface area contributed by atoms with Gasteiger partial charge in [0.2, 0.25) is 0 Å². The Balaban J connectivity index is -0.00000000667. The van der Waals surface area contributed by atoms with Crippen LogP contribution in [0.1, 0.15) is 2.85 Å². The van der Waals surface area contributed by atoms with Crippen molar-refractivity contribution >= 4 is 45.4 Å². The van der Waals surface area contributed by atoms with Gasteiger partial charge in [0.05, 0.1) is 0 Å². The average molecular weight is 86.9 g/mol. The largest absolute Gasteiger partial charge is 2.00 e. The van der Waals surface area contributed by atoms with Gasteiger partial charge in [0.25, 0.3) is 0 Å². The SMILES string of the molecule is O[B]O.[Ca+2].[H-].[H-]. The third kappa shape index (κ3) is 10.6. The first-order chi connectivity index (χ1) is 1.41. The van der Waals surface area contributed by atoms with Gasteiger partial charge in [0, 0.05) is 0 Å². The number of hydrogen-bond donors (Lipinski definition) is 2. The van der Waals surface area contributed by atoms with Crippen LogP contribution in [0.25, 0.3) is 0 Å². The molecule has 0 aliphatic carbocycles. The van der Waals surface area contributed by atoms with E-state index in [0.717, 1.165) is 0 Å². The van der Waals surface area contributed by atoms with Crippen molar-refractivity contribution in [1.29, 1.82) is 0 Å². The van der Waals surface area contributed by atoms with Gasteiger partial charge in [-0.2, -0.15) is 0 Å². The average Bonchev–Trinajstić information content (AvgIpc) is 0.918. The standard InChI is InChI=1S/BH2O2.Ca.2H/c2-1-3;;;/h2-3H;;;/q;+2;2*-1. The zero-order valence-corrected chi connectivity index (χ0v) is 4.39. The van der Waals surface area contributed by atoms with Gasteiger partial charge in [-0.1, -0.05) is 0 Å². The van der Waals surface area contributed by atoms with Crippen molar-refractivity contribution in [2.24, 2.45) is 0 Å². The van der Waals surface area contributed by atoms with E-state index in [4.69, 9.17) is 10.0 Å². The molecule has 0 spiro atoms. The van der Waals surface area contributed by atoms with Gasteiger partial charge < -0.3 is 12.9 Å². The molecule has 0 unspecified atom stereocenters. The van der Waals surface area contributed by atoms with Crippen molar-refractivity contribution in [1.82, 2.24) is 0 Å². The molecule has 0 fully saturated rings. The predicted molar refractivity (Wildman–Crippen MR) is 18.2 cm³/mol. The molecule has 0 amide bonds. The third-order valence-electron chi connectivity index (χ3n) is 0. The molecule has 4 heavy (non-hydrogen) atoms. The van der Waals surface area contributed by atoms with E-state index in [0.29, 0.717) is 0 Å². The minimum Gasteiger partial charge on any atom is -1.00 e. The van der Waals surface area contributed by atoms with E-state index in [9.17, 15) is 0 Å². The Labute approximate surface area is 58.1 Å². The summed E-state index contributed by atoms with van der Waals surface area (Å²) in [6.45, 7) is 0. The molecule has 0 saturated heterocycles. The van der Waals surface area contributed by atoms with E-state index in [1.807, 2.05) is 0 Å². The van der Waals surface area contributed by atoms with E-state index in [-0.39, 0.29) is 48.3 Å². The fraction of sp³-hybridized carbons (Fsp3) is 0. The molecule has 0 atom stereocenters. The Morgan fingerprint density at radius 3 is 1.50 bits per heavy atom. The predicted octanol–water partition coefficient (Wildman–Crippen LogP) is -1.65. The third-order valence-corrected chi connectivity index (χ3v) is 0. The van der Waals surface area contributed by atoms with Gasteiger partial charge >= 0.3 is 45.4 Å². The van der Waals surface area contributed by atoms with Crippen LogP contribution in [0.3, 0.4) is 0 Å². The molecule has 0 rings (SSSR count). The molecular formula is H4BCaO2. The topological polar surface area (TPSA) is 40.5 Å². The van der Waals surface area contributed by atoms with Crippen LogP contribution >= 0.6 is 0 Å². The molecule has 0 aromatic carbocycles. The van der Waals surface area contributed by atoms with Gasteiger partial charge in [0.15, 0.2) is 0 Å². The molecule has 0 saturated carbocycles. The monoisotopic (exact) mass is 87.0 g/mol. The van der Waals surface area contributed by atoms with Crippen LogP contribution in [0.4, 0.5) is 0 Å². The van der Waals surface area contributed by atoms with Gasteiger partial charge in [-0.05, 0) is 0 Å². The van der Waals surface area contributed by atoms with Crippen LogP contribution in [0.5, 0.6) is 0 Å². The number of rotatable bonds is 0. The molecule has 4 heteroatoms. The summed E-state index contributed by atoms with van der Waals surface area (Å²) in [4.78, 5) is 0. The zero-order valence-electron chi connectivity index (χ0n) is 4.18. The van der Waals surface area contributed by atoms with E-state index in [2.05, 4.69) is 0 Å². The molecule has 2 N–H and O–H groups in total. The van der Waals surface area contributed by atoms with Crippen LogP contribution in [0.2, 0.25) is 0 Å². The molecule has 21 valence electrons. The molecule has 1 radical (unpaired) electrons. The molecule has 0 heterocycles. The summed E-state index contributed by atoms with van der Waals surface area (Å²) in [5.41, 5.74) is 0. The van der Waals surface area contributed by atoms with Crippen molar-refractivity contribution in [2.45, 2.75) is 0 Å². The molecule has 0 aliphatic heterocycles. The van der Waals surface area contributed by atoms with Crippen molar-refractivity contribution in [3.8, 4) is 0 Å². The van der Waals surface area contributed by atoms with Crippen molar-refractivity contribution < 1.29 is 12.9 Å². The van der Waals surface area contributed by atoms with Gasteiger partial charge in [-0.25, -0.2) is 0 Å². The second kappa shape index (κ2) is 8.87. The van der Waals surface area contributed by atoms with E-state index in [1.165, 1.54) is 0 Å². The molecule has 0 aliphatic rings. The van der Waals surface area contributed by atoms with Crippen LogP contribution < -0.4 is 0 Å². The fourth-order valence-corrected chi connectivity index (χ4v) is 0. The summed E-state index contributed by atoms with van der Waals surface area (Å²) < 4.78 is 0. The maximum atomic E-state index is 7.00. The fourth-order valence-electron chi connectivity index (χ4n) is 0. The first-order valence-corrected chi connectivity index (χ1v) is 0.516. The van der Waals surface area contributed by atoms with E-state index in [1.54, 1.807) is 0 Å². The van der Waals surface area contributed by atoms with Gasteiger partial charge in [0.1, 0.15) is 0 Å². The second-order valence-corrected chi connectivity index (χ2v) is 0.115. The molecule has 2 nitrogen and oxygen atoms in total. The normalized spacial score (nSPS) is 3.50. The summed E-state index contributed by atoms with van der Waals surface area (Å²) in [6, 6.07) is 0. The summed E-state index contributed by atoms with van der Waals surface area (Å²) in [6.07, 6.45) is 0. The smallest absolute Gasteiger partial charge is 1.00 e. The first-order valence-electron chi connectivity index (χ1n) is 0.516. The summed E-state index contributed by atoms with van der Waals surface area (Å²) in [7, 11) is 0.